The van der Waals surface area contributed by atoms with Crippen LogP contribution in [0.3, 0.4) is 0 Å². The third-order valence-electron chi connectivity index (χ3n) is 2.35. The van der Waals surface area contributed by atoms with Crippen molar-refractivity contribution in [3.8, 4) is 0 Å². The molecule has 1 heterocycles. The fourth-order valence-electron chi connectivity index (χ4n) is 1.43. The first-order valence-corrected chi connectivity index (χ1v) is 6.60. The summed E-state index contributed by atoms with van der Waals surface area (Å²) < 4.78 is 0. The molecule has 0 atom stereocenters. The van der Waals surface area contributed by atoms with E-state index in [-0.39, 0.29) is 5.91 Å². The Balaban J connectivity index is 2.59. The molecule has 7 nitrogen and oxygen atoms in total. The number of aromatic nitrogens is 2. The number of amides is 1. The molecule has 0 unspecified atom stereocenters. The zero-order valence-corrected chi connectivity index (χ0v) is 11.8. The molecule has 1 aromatic heterocycles. The quantitative estimate of drug-likeness (QED) is 0.542. The summed E-state index contributed by atoms with van der Waals surface area (Å²) in [6.07, 6.45) is 0.988. The molecule has 0 spiro atoms. The van der Waals surface area contributed by atoms with Crippen molar-refractivity contribution >= 4 is 22.4 Å². The summed E-state index contributed by atoms with van der Waals surface area (Å²) in [5.41, 5.74) is 2.46. The lowest BCUT2D eigenvalue weighted by Crippen LogP contribution is -2.36. The Morgan fingerprint density at radius 2 is 2.17 bits per heavy atom. The molecule has 102 valence electrons. The zero-order valence-electron chi connectivity index (χ0n) is 11.0. The van der Waals surface area contributed by atoms with Crippen molar-refractivity contribution in [2.45, 2.75) is 19.9 Å². The smallest absolute Gasteiger partial charge is 0.236 e. The number of hydrogen-bond donors (Lipinski definition) is 2. The monoisotopic (exact) mass is 272 g/mol. The molecule has 0 radical (unpaired) electrons. The van der Waals surface area contributed by atoms with Crippen LogP contribution in [0.2, 0.25) is 0 Å². The van der Waals surface area contributed by atoms with Gasteiger partial charge in [-0.15, -0.1) is 10.2 Å². The number of hydrogen-bond acceptors (Lipinski definition) is 7. The number of rotatable bonds is 7. The molecule has 1 rings (SSSR count). The van der Waals surface area contributed by atoms with Gasteiger partial charge in [-0.3, -0.25) is 15.1 Å². The van der Waals surface area contributed by atoms with Crippen LogP contribution in [0.1, 0.15) is 18.4 Å². The largest absolute Gasteiger partial charge is 0.348 e. The van der Waals surface area contributed by atoms with Crippen molar-refractivity contribution in [1.29, 1.82) is 0 Å². The molecule has 8 heteroatoms. The van der Waals surface area contributed by atoms with Crippen molar-refractivity contribution in [3.63, 3.8) is 0 Å². The van der Waals surface area contributed by atoms with Gasteiger partial charge in [0.1, 0.15) is 5.01 Å². The number of nitrogens with zero attached hydrogens (tertiary/aromatic N) is 4. The van der Waals surface area contributed by atoms with Gasteiger partial charge in [0.25, 0.3) is 0 Å². The van der Waals surface area contributed by atoms with Crippen molar-refractivity contribution in [2.75, 3.05) is 32.6 Å². The third kappa shape index (κ3) is 4.55. The lowest BCUT2D eigenvalue weighted by atomic mass is 10.3. The Morgan fingerprint density at radius 1 is 1.44 bits per heavy atom. The van der Waals surface area contributed by atoms with Crippen LogP contribution in [-0.2, 0) is 11.3 Å². The SMILES string of the molecule is CCCN(CC(=O)N(C)C)Cc1nnc(NN)s1. The molecule has 18 heavy (non-hydrogen) atoms. The summed E-state index contributed by atoms with van der Waals surface area (Å²) in [4.78, 5) is 15.4. The second-order valence-electron chi connectivity index (χ2n) is 4.14. The van der Waals surface area contributed by atoms with Crippen LogP contribution < -0.4 is 11.3 Å². The van der Waals surface area contributed by atoms with Gasteiger partial charge >= 0.3 is 0 Å². The Bertz CT molecular complexity index is 380. The lowest BCUT2D eigenvalue weighted by Gasteiger charge is -2.21. The number of carbonyl (C=O) groups is 1. The van der Waals surface area contributed by atoms with E-state index in [9.17, 15) is 4.79 Å². The van der Waals surface area contributed by atoms with E-state index >= 15 is 0 Å². The van der Waals surface area contributed by atoms with E-state index in [0.29, 0.717) is 18.2 Å². The molecule has 0 saturated heterocycles. The van der Waals surface area contributed by atoms with Crippen LogP contribution >= 0.6 is 11.3 Å². The van der Waals surface area contributed by atoms with Gasteiger partial charge in [-0.05, 0) is 13.0 Å². The summed E-state index contributed by atoms with van der Waals surface area (Å²) in [6.45, 7) is 3.95. The first-order valence-electron chi connectivity index (χ1n) is 5.78. The molecule has 1 aromatic rings. The molecule has 0 aliphatic heterocycles. The van der Waals surface area contributed by atoms with Crippen molar-refractivity contribution < 1.29 is 4.79 Å². The highest BCUT2D eigenvalue weighted by molar-refractivity contribution is 7.15. The molecular formula is C10H20N6OS. The highest BCUT2D eigenvalue weighted by atomic mass is 32.1. The standard InChI is InChI=1S/C10H20N6OS/c1-4-5-16(7-9(17)15(2)3)6-8-13-14-10(12-11)18-8/h4-7,11H2,1-3H3,(H,12,14). The van der Waals surface area contributed by atoms with Gasteiger partial charge in [-0.1, -0.05) is 18.3 Å². The molecule has 3 N–H and O–H groups in total. The minimum atomic E-state index is 0.0881. The minimum absolute atomic E-state index is 0.0881. The number of nitrogens with one attached hydrogen (secondary N) is 1. The first-order chi connectivity index (χ1) is 8.56. The normalized spacial score (nSPS) is 10.7. The summed E-state index contributed by atoms with van der Waals surface area (Å²) in [6, 6.07) is 0. The van der Waals surface area contributed by atoms with E-state index in [0.717, 1.165) is 18.0 Å². The first kappa shape index (κ1) is 14.8. The van der Waals surface area contributed by atoms with Crippen LogP contribution in [0.25, 0.3) is 0 Å². The molecule has 0 fully saturated rings. The van der Waals surface area contributed by atoms with Gasteiger partial charge in [-0.25, -0.2) is 5.84 Å². The summed E-state index contributed by atoms with van der Waals surface area (Å²) in [5.74, 6) is 5.34. The van der Waals surface area contributed by atoms with Gasteiger partial charge in [0.15, 0.2) is 0 Å². The maximum atomic E-state index is 11.7. The predicted molar refractivity (Wildman–Crippen MR) is 72.0 cm³/mol. The Labute approximate surface area is 111 Å². The number of hydrazine groups is 1. The van der Waals surface area contributed by atoms with E-state index in [1.165, 1.54) is 11.3 Å². The maximum Gasteiger partial charge on any atom is 0.236 e. The van der Waals surface area contributed by atoms with Gasteiger partial charge in [0, 0.05) is 14.1 Å². The Hall–Kier alpha value is -1.25. The van der Waals surface area contributed by atoms with Crippen molar-refractivity contribution in [3.05, 3.63) is 5.01 Å². The summed E-state index contributed by atoms with van der Waals surface area (Å²) in [5, 5.41) is 9.33. The fraction of sp³-hybridized carbons (Fsp3) is 0.700. The number of nitrogen functional groups attached to an aromatic ring is 1. The van der Waals surface area contributed by atoms with Gasteiger partial charge in [0.05, 0.1) is 13.1 Å². The Morgan fingerprint density at radius 3 is 2.67 bits per heavy atom. The molecule has 0 bridgehead atoms. The highest BCUT2D eigenvalue weighted by Crippen LogP contribution is 2.15. The van der Waals surface area contributed by atoms with E-state index in [4.69, 9.17) is 5.84 Å². The van der Waals surface area contributed by atoms with E-state index in [1.807, 2.05) is 0 Å². The summed E-state index contributed by atoms with van der Waals surface area (Å²) >= 11 is 1.40. The maximum absolute atomic E-state index is 11.7. The van der Waals surface area contributed by atoms with Crippen LogP contribution in [0, 0.1) is 0 Å². The molecule has 0 aliphatic rings. The van der Waals surface area contributed by atoms with Crippen molar-refractivity contribution in [1.82, 2.24) is 20.0 Å². The molecule has 0 aliphatic carbocycles. The molecule has 0 aromatic carbocycles. The van der Waals surface area contributed by atoms with Crippen LogP contribution in [-0.4, -0.2) is 53.1 Å². The average Bonchev–Trinajstić information content (AvgIpc) is 2.76. The van der Waals surface area contributed by atoms with Gasteiger partial charge < -0.3 is 4.90 Å². The second kappa shape index (κ2) is 7.24. The minimum Gasteiger partial charge on any atom is -0.348 e. The molecule has 0 saturated carbocycles. The van der Waals surface area contributed by atoms with Crippen LogP contribution in [0.4, 0.5) is 5.13 Å². The number of anilines is 1. The zero-order chi connectivity index (χ0) is 13.5. The van der Waals surface area contributed by atoms with E-state index < -0.39 is 0 Å². The van der Waals surface area contributed by atoms with Gasteiger partial charge in [-0.2, -0.15) is 0 Å². The number of likely N-dealkylation sites (N-methyl/N-ethyl adjacent to an activating group) is 1. The number of carbonyl (C=O) groups excluding carboxylic acids is 1. The van der Waals surface area contributed by atoms with Crippen molar-refractivity contribution in [2.24, 2.45) is 5.84 Å². The molecular weight excluding hydrogens is 252 g/mol. The second-order valence-corrected chi connectivity index (χ2v) is 5.21. The predicted octanol–water partition coefficient (Wildman–Crippen LogP) is 0.124. The van der Waals surface area contributed by atoms with Gasteiger partial charge in [0.2, 0.25) is 11.0 Å². The highest BCUT2D eigenvalue weighted by Gasteiger charge is 2.14. The van der Waals surface area contributed by atoms with E-state index in [2.05, 4.69) is 27.4 Å². The van der Waals surface area contributed by atoms with E-state index in [1.54, 1.807) is 19.0 Å². The van der Waals surface area contributed by atoms with Crippen LogP contribution in [0.15, 0.2) is 0 Å². The molecule has 1 amide bonds. The fourth-order valence-corrected chi connectivity index (χ4v) is 2.12. The Kier molecular flexibility index (Phi) is 5.96. The summed E-state index contributed by atoms with van der Waals surface area (Å²) in [7, 11) is 3.52. The third-order valence-corrected chi connectivity index (χ3v) is 3.19. The average molecular weight is 272 g/mol. The number of nitrogens with two attached hydrogens (primary N) is 1. The van der Waals surface area contributed by atoms with Crippen LogP contribution in [0.5, 0.6) is 0 Å². The lowest BCUT2D eigenvalue weighted by molar-refractivity contribution is -0.130. The topological polar surface area (TPSA) is 87.4 Å².